The van der Waals surface area contributed by atoms with Crippen molar-refractivity contribution < 1.29 is 27.9 Å². The van der Waals surface area contributed by atoms with Crippen molar-refractivity contribution in [2.24, 2.45) is 5.41 Å². The van der Waals surface area contributed by atoms with Crippen LogP contribution >= 0.6 is 22.9 Å². The number of benzene rings is 3. The number of rotatable bonds is 9. The fourth-order valence-corrected chi connectivity index (χ4v) is 8.45. The number of carboxylic acid groups (broad SMARTS) is 1. The van der Waals surface area contributed by atoms with Gasteiger partial charge in [-0.3, -0.25) is 4.79 Å². The number of halogens is 1. The molecule has 0 atom stereocenters. The van der Waals surface area contributed by atoms with Gasteiger partial charge >= 0.3 is 6.09 Å². The molecule has 47 heavy (non-hydrogen) atoms. The Bertz CT molecular complexity index is 1870. The smallest absolute Gasteiger partial charge is 0.407 e. The number of nitrogens with zero attached hydrogens (tertiary/aromatic N) is 2. The molecule has 8 nitrogen and oxygen atoms in total. The predicted molar refractivity (Wildman–Crippen MR) is 188 cm³/mol. The lowest BCUT2D eigenvalue weighted by Crippen LogP contribution is -2.49. The van der Waals surface area contributed by atoms with Gasteiger partial charge < -0.3 is 19.6 Å². The van der Waals surface area contributed by atoms with Crippen LogP contribution in [0.5, 0.6) is 5.75 Å². The average molecular weight is 697 g/mol. The van der Waals surface area contributed by atoms with Gasteiger partial charge in [-0.1, -0.05) is 68.8 Å². The maximum Gasteiger partial charge on any atom is 0.407 e. The van der Waals surface area contributed by atoms with E-state index >= 15 is 0 Å². The van der Waals surface area contributed by atoms with E-state index in [1.165, 1.54) is 17.6 Å². The molecule has 4 aromatic rings. The summed E-state index contributed by atoms with van der Waals surface area (Å²) in [5.74, 6) is 0.451. The Morgan fingerprint density at radius 3 is 2.09 bits per heavy atom. The predicted octanol–water partition coefficient (Wildman–Crippen LogP) is 8.61. The van der Waals surface area contributed by atoms with Crippen molar-refractivity contribution in [1.82, 2.24) is 9.80 Å². The highest BCUT2D eigenvalue weighted by molar-refractivity contribution is 7.90. The Balaban J connectivity index is 1.49. The van der Waals surface area contributed by atoms with Gasteiger partial charge in [-0.15, -0.1) is 11.3 Å². The summed E-state index contributed by atoms with van der Waals surface area (Å²) < 4.78 is 30.7. The van der Waals surface area contributed by atoms with E-state index in [4.69, 9.17) is 16.3 Å². The highest BCUT2D eigenvalue weighted by Gasteiger charge is 2.36. The Labute approximate surface area is 285 Å². The van der Waals surface area contributed by atoms with Gasteiger partial charge in [0.15, 0.2) is 9.84 Å². The van der Waals surface area contributed by atoms with Crippen molar-refractivity contribution in [3.63, 3.8) is 0 Å². The third kappa shape index (κ3) is 7.93. The minimum Gasteiger partial charge on any atom is -0.496 e. The molecule has 1 aliphatic rings. The van der Waals surface area contributed by atoms with Crippen LogP contribution in [0, 0.1) is 5.41 Å². The van der Waals surface area contributed by atoms with Gasteiger partial charge in [-0.2, -0.15) is 0 Å². The quantitative estimate of drug-likeness (QED) is 0.188. The second-order valence-electron chi connectivity index (χ2n) is 13.4. The fraction of sp³-hybridized carbons (Fsp3) is 0.389. The first-order valence-electron chi connectivity index (χ1n) is 15.6. The molecule has 1 saturated carbocycles. The Kier molecular flexibility index (Phi) is 10.2. The summed E-state index contributed by atoms with van der Waals surface area (Å²) in [7, 11) is -1.74. The minimum atomic E-state index is -3.33. The lowest BCUT2D eigenvalue weighted by molar-refractivity contribution is 0.0492. The summed E-state index contributed by atoms with van der Waals surface area (Å²) in [6.45, 7) is 6.79. The van der Waals surface area contributed by atoms with Crippen LogP contribution in [-0.4, -0.2) is 67.3 Å². The molecule has 0 unspecified atom stereocenters. The average Bonchev–Trinajstić information content (AvgIpc) is 3.37. The van der Waals surface area contributed by atoms with Crippen LogP contribution < -0.4 is 4.74 Å². The highest BCUT2D eigenvalue weighted by atomic mass is 35.5. The van der Waals surface area contributed by atoms with Crippen LogP contribution in [0.25, 0.3) is 21.2 Å². The second-order valence-corrected chi connectivity index (χ2v) is 16.9. The molecule has 0 spiro atoms. The van der Waals surface area contributed by atoms with Gasteiger partial charge in [-0.25, -0.2) is 13.2 Å². The number of thiophene rings is 1. The second kappa shape index (κ2) is 13.9. The molecule has 0 radical (unpaired) electrons. The zero-order valence-electron chi connectivity index (χ0n) is 27.3. The third-order valence-corrected chi connectivity index (χ3v) is 11.5. The lowest BCUT2D eigenvalue weighted by atomic mass is 9.87. The summed E-state index contributed by atoms with van der Waals surface area (Å²) in [5, 5.41) is 11.3. The Morgan fingerprint density at radius 2 is 1.53 bits per heavy atom. The van der Waals surface area contributed by atoms with E-state index in [9.17, 15) is 23.1 Å². The van der Waals surface area contributed by atoms with Gasteiger partial charge in [0, 0.05) is 47.1 Å². The third-order valence-electron chi connectivity index (χ3n) is 8.67. The highest BCUT2D eigenvalue weighted by Crippen LogP contribution is 2.39. The van der Waals surface area contributed by atoms with E-state index in [0.717, 1.165) is 26.8 Å². The molecule has 1 N–H and O–H groups in total. The Morgan fingerprint density at radius 1 is 0.936 bits per heavy atom. The lowest BCUT2D eigenvalue weighted by Gasteiger charge is -2.41. The summed E-state index contributed by atoms with van der Waals surface area (Å²) in [4.78, 5) is 30.9. The molecule has 1 heterocycles. The van der Waals surface area contributed by atoms with Crippen LogP contribution in [0.1, 0.15) is 61.7 Å². The molecule has 5 rings (SSSR count). The summed E-state index contributed by atoms with van der Waals surface area (Å²) in [5.41, 5.74) is 2.31. The molecule has 0 bridgehead atoms. The van der Waals surface area contributed by atoms with Gasteiger partial charge in [0.25, 0.3) is 5.91 Å². The van der Waals surface area contributed by atoms with Crippen LogP contribution in [0.4, 0.5) is 4.79 Å². The normalized spacial score (nSPS) is 17.0. The number of hydrogen-bond donors (Lipinski definition) is 1. The molecule has 250 valence electrons. The first-order valence-corrected chi connectivity index (χ1v) is 18.7. The maximum atomic E-state index is 14.5. The van der Waals surface area contributed by atoms with E-state index in [1.54, 1.807) is 36.3 Å². The minimum absolute atomic E-state index is 0.124. The number of ether oxygens (including phenoxy) is 1. The van der Waals surface area contributed by atoms with E-state index in [0.29, 0.717) is 47.9 Å². The van der Waals surface area contributed by atoms with Crippen molar-refractivity contribution in [3.8, 4) is 16.9 Å². The molecule has 3 aromatic carbocycles. The number of methoxy groups -OCH3 is 1. The molecular weight excluding hydrogens is 656 g/mol. The van der Waals surface area contributed by atoms with Crippen LogP contribution in [-0.2, 0) is 16.4 Å². The van der Waals surface area contributed by atoms with Crippen LogP contribution in [0.2, 0.25) is 5.02 Å². The first-order chi connectivity index (χ1) is 22.2. The number of fused-ring (bicyclic) bond motifs is 1. The first kappa shape index (κ1) is 34.7. The summed E-state index contributed by atoms with van der Waals surface area (Å²) in [6.07, 6.45) is 2.82. The summed E-state index contributed by atoms with van der Waals surface area (Å²) in [6, 6.07) is 19.9. The number of amides is 2. The topological polar surface area (TPSA) is 104 Å². The molecule has 1 fully saturated rings. The van der Waals surface area contributed by atoms with Crippen LogP contribution in [0.15, 0.2) is 71.6 Å². The van der Waals surface area contributed by atoms with Gasteiger partial charge in [0.1, 0.15) is 10.6 Å². The van der Waals surface area contributed by atoms with Crippen molar-refractivity contribution in [2.45, 2.75) is 70.0 Å². The molecule has 1 aromatic heterocycles. The van der Waals surface area contributed by atoms with Crippen molar-refractivity contribution in [1.29, 1.82) is 0 Å². The van der Waals surface area contributed by atoms with Gasteiger partial charge in [0.2, 0.25) is 0 Å². The molecule has 0 saturated heterocycles. The van der Waals surface area contributed by atoms with Crippen molar-refractivity contribution in [3.05, 3.63) is 82.2 Å². The molecule has 2 amide bonds. The number of carbonyl (C=O) groups is 2. The largest absolute Gasteiger partial charge is 0.496 e. The van der Waals surface area contributed by atoms with Crippen LogP contribution in [0.3, 0.4) is 0 Å². The van der Waals surface area contributed by atoms with E-state index in [1.807, 2.05) is 68.1 Å². The summed E-state index contributed by atoms with van der Waals surface area (Å²) >= 11 is 8.21. The zero-order chi connectivity index (χ0) is 34.1. The number of carbonyl (C=O) groups excluding carboxylic acids is 1. The van der Waals surface area contributed by atoms with Crippen molar-refractivity contribution >= 4 is 54.9 Å². The molecule has 0 aliphatic heterocycles. The van der Waals surface area contributed by atoms with E-state index in [-0.39, 0.29) is 34.8 Å². The van der Waals surface area contributed by atoms with E-state index in [2.05, 4.69) is 0 Å². The molecular formula is C36H41ClN2O6S2. The number of sulfone groups is 1. The SMILES string of the molecule is COc1ccc(-c2ccc(S(C)(=O)=O)cc2)cc1CN(C(=O)c1sc2ccccc2c1Cl)C1CCC(N(CC(C)(C)C)C(=O)O)CC1. The van der Waals surface area contributed by atoms with Crippen molar-refractivity contribution in [2.75, 3.05) is 19.9 Å². The van der Waals surface area contributed by atoms with E-state index < -0.39 is 15.9 Å². The zero-order valence-corrected chi connectivity index (χ0v) is 29.7. The standard InChI is InChI=1S/C36H41ClN2O6S2/c1-36(2,3)22-39(35(41)42)27-15-13-26(14-16-27)38(34(40)33-32(37)29-8-6-7-9-31(29)46-33)21-25-20-24(12-19-30(25)45-4)23-10-17-28(18-11-23)47(5,43)44/h6-12,17-20,26-27H,13-16,21-22H2,1-5H3,(H,41,42). The van der Waals surface area contributed by atoms with Gasteiger partial charge in [-0.05, 0) is 72.6 Å². The molecule has 11 heteroatoms. The molecule has 1 aliphatic carbocycles. The van der Waals surface area contributed by atoms with Gasteiger partial charge in [0.05, 0.1) is 17.0 Å². The Hall–Kier alpha value is -3.60. The maximum absolute atomic E-state index is 14.5. The monoisotopic (exact) mass is 696 g/mol. The fourth-order valence-electron chi connectivity index (χ4n) is 6.35. The number of hydrogen-bond acceptors (Lipinski definition) is 6.